The molecular formula is C19H20FN3O2. The minimum absolute atomic E-state index is 0.0107. The van der Waals surface area contributed by atoms with Gasteiger partial charge in [0.15, 0.2) is 0 Å². The number of halogens is 1. The van der Waals surface area contributed by atoms with Crippen molar-refractivity contribution >= 4 is 17.8 Å². The highest BCUT2D eigenvalue weighted by atomic mass is 19.1. The summed E-state index contributed by atoms with van der Waals surface area (Å²) in [5.74, 6) is -0.237. The van der Waals surface area contributed by atoms with E-state index in [0.29, 0.717) is 37.4 Å². The molecule has 0 bridgehead atoms. The van der Waals surface area contributed by atoms with Gasteiger partial charge < -0.3 is 14.6 Å². The van der Waals surface area contributed by atoms with Crippen molar-refractivity contribution in [3.05, 3.63) is 65.5 Å². The maximum Gasteiger partial charge on any atom is 0.253 e. The van der Waals surface area contributed by atoms with Crippen LogP contribution in [0.25, 0.3) is 0 Å². The third-order valence-corrected chi connectivity index (χ3v) is 4.22. The Kier molecular flexibility index (Phi) is 5.28. The molecule has 0 atom stereocenters. The van der Waals surface area contributed by atoms with Crippen LogP contribution in [0, 0.1) is 5.82 Å². The van der Waals surface area contributed by atoms with Crippen LogP contribution in [0.5, 0.6) is 0 Å². The van der Waals surface area contributed by atoms with E-state index < -0.39 is 0 Å². The molecule has 0 radical (unpaired) electrons. The van der Waals surface area contributed by atoms with Crippen LogP contribution in [0.15, 0.2) is 53.7 Å². The molecule has 1 heterocycles. The van der Waals surface area contributed by atoms with Crippen LogP contribution in [0.3, 0.4) is 0 Å². The number of rotatable bonds is 4. The molecule has 0 saturated carbocycles. The summed E-state index contributed by atoms with van der Waals surface area (Å²) in [4.78, 5) is 21.0. The summed E-state index contributed by atoms with van der Waals surface area (Å²) < 4.78 is 13.9. The van der Waals surface area contributed by atoms with E-state index in [1.54, 1.807) is 35.4 Å². The highest BCUT2D eigenvalue weighted by Gasteiger charge is 2.23. The average Bonchev–Trinajstić information content (AvgIpc) is 2.67. The Morgan fingerprint density at radius 3 is 2.40 bits per heavy atom. The zero-order valence-electron chi connectivity index (χ0n) is 14.1. The summed E-state index contributed by atoms with van der Waals surface area (Å²) >= 11 is 0. The van der Waals surface area contributed by atoms with Gasteiger partial charge >= 0.3 is 0 Å². The summed E-state index contributed by atoms with van der Waals surface area (Å²) in [6, 6.07) is 13.9. The molecular weight excluding hydrogens is 321 g/mol. The van der Waals surface area contributed by atoms with Gasteiger partial charge in [-0.15, -0.1) is 0 Å². The van der Waals surface area contributed by atoms with Gasteiger partial charge in [-0.2, -0.15) is 0 Å². The first kappa shape index (κ1) is 17.0. The van der Waals surface area contributed by atoms with Gasteiger partial charge in [0.25, 0.3) is 5.91 Å². The molecule has 1 aliphatic rings. The number of oxime groups is 1. The molecule has 2 aromatic carbocycles. The first-order valence-electron chi connectivity index (χ1n) is 8.14. The van der Waals surface area contributed by atoms with Crippen LogP contribution >= 0.6 is 0 Å². The van der Waals surface area contributed by atoms with Crippen molar-refractivity contribution in [3.8, 4) is 0 Å². The van der Waals surface area contributed by atoms with Crippen LogP contribution in [0.2, 0.25) is 0 Å². The second kappa shape index (κ2) is 7.79. The Balaban J connectivity index is 1.61. The number of carbonyl (C=O) groups excluding carboxylic acids is 1. The molecule has 0 aliphatic carbocycles. The minimum Gasteiger partial charge on any atom is -0.399 e. The van der Waals surface area contributed by atoms with Crippen molar-refractivity contribution in [2.45, 2.75) is 0 Å². The lowest BCUT2D eigenvalue weighted by Crippen LogP contribution is -2.49. The van der Waals surface area contributed by atoms with Gasteiger partial charge in [0.05, 0.1) is 11.9 Å². The van der Waals surface area contributed by atoms with Crippen LogP contribution in [0.1, 0.15) is 15.9 Å². The molecule has 1 aliphatic heterocycles. The van der Waals surface area contributed by atoms with Crippen LogP contribution in [-0.4, -0.2) is 50.3 Å². The largest absolute Gasteiger partial charge is 0.399 e. The summed E-state index contributed by atoms with van der Waals surface area (Å²) in [6.07, 6.45) is 1.58. The Bertz CT molecular complexity index is 754. The predicted molar refractivity (Wildman–Crippen MR) is 95.6 cm³/mol. The molecule has 0 unspecified atom stereocenters. The maximum absolute atomic E-state index is 13.9. The molecule has 130 valence electrons. The van der Waals surface area contributed by atoms with E-state index in [-0.39, 0.29) is 11.7 Å². The van der Waals surface area contributed by atoms with Crippen molar-refractivity contribution in [3.63, 3.8) is 0 Å². The summed E-state index contributed by atoms with van der Waals surface area (Å²) in [5.41, 5.74) is 2.09. The molecule has 1 fully saturated rings. The fourth-order valence-electron chi connectivity index (χ4n) is 2.87. The van der Waals surface area contributed by atoms with Crippen LogP contribution in [-0.2, 0) is 4.84 Å². The quantitative estimate of drug-likeness (QED) is 0.634. The molecule has 25 heavy (non-hydrogen) atoms. The zero-order chi connectivity index (χ0) is 17.6. The van der Waals surface area contributed by atoms with Gasteiger partial charge in [-0.25, -0.2) is 4.39 Å². The monoisotopic (exact) mass is 341 g/mol. The Hall–Kier alpha value is -2.89. The van der Waals surface area contributed by atoms with Crippen molar-refractivity contribution in [1.29, 1.82) is 0 Å². The summed E-state index contributed by atoms with van der Waals surface area (Å²) in [6.45, 7) is 2.37. The number of para-hydroxylation sites is 1. The molecule has 0 N–H and O–H groups in total. The molecule has 0 aromatic heterocycles. The highest BCUT2D eigenvalue weighted by Crippen LogP contribution is 2.20. The fourth-order valence-corrected chi connectivity index (χ4v) is 2.87. The van der Waals surface area contributed by atoms with E-state index in [1.165, 1.54) is 13.2 Å². The minimum atomic E-state index is -0.226. The Morgan fingerprint density at radius 1 is 1.08 bits per heavy atom. The van der Waals surface area contributed by atoms with Crippen molar-refractivity contribution in [2.75, 3.05) is 38.2 Å². The fraction of sp³-hybridized carbons (Fsp3) is 0.263. The third-order valence-electron chi connectivity index (χ3n) is 4.22. The van der Waals surface area contributed by atoms with Crippen LogP contribution < -0.4 is 4.90 Å². The van der Waals surface area contributed by atoms with E-state index in [4.69, 9.17) is 0 Å². The zero-order valence-corrected chi connectivity index (χ0v) is 14.1. The summed E-state index contributed by atoms with van der Waals surface area (Å²) in [7, 11) is 1.48. The Morgan fingerprint density at radius 2 is 1.76 bits per heavy atom. The topological polar surface area (TPSA) is 45.1 Å². The number of piperazine rings is 1. The van der Waals surface area contributed by atoms with E-state index >= 15 is 0 Å². The van der Waals surface area contributed by atoms with Gasteiger partial charge in [-0.1, -0.05) is 29.4 Å². The predicted octanol–water partition coefficient (Wildman–Crippen LogP) is 2.77. The number of hydrogen-bond donors (Lipinski definition) is 0. The SMILES string of the molecule is CO/N=C/c1ccc(C(=O)N2CCN(c3ccccc3F)CC2)cc1. The van der Waals surface area contributed by atoms with Crippen molar-refractivity contribution in [1.82, 2.24) is 4.90 Å². The number of amides is 1. The first-order chi connectivity index (χ1) is 12.2. The molecule has 0 spiro atoms. The number of anilines is 1. The van der Waals surface area contributed by atoms with Gasteiger partial charge in [0.1, 0.15) is 12.9 Å². The average molecular weight is 341 g/mol. The molecule has 5 nitrogen and oxygen atoms in total. The van der Waals surface area contributed by atoms with E-state index in [2.05, 4.69) is 9.99 Å². The van der Waals surface area contributed by atoms with E-state index in [0.717, 1.165) is 5.56 Å². The second-order valence-electron chi connectivity index (χ2n) is 5.77. The summed E-state index contributed by atoms with van der Waals surface area (Å²) in [5, 5.41) is 3.69. The molecule has 1 amide bonds. The lowest BCUT2D eigenvalue weighted by atomic mass is 10.1. The molecule has 1 saturated heterocycles. The number of nitrogens with zero attached hydrogens (tertiary/aromatic N) is 3. The lowest BCUT2D eigenvalue weighted by molar-refractivity contribution is 0.0746. The third kappa shape index (κ3) is 3.96. The number of benzene rings is 2. The molecule has 6 heteroatoms. The number of hydrogen-bond acceptors (Lipinski definition) is 4. The van der Waals surface area contributed by atoms with Gasteiger partial charge in [0, 0.05) is 31.7 Å². The van der Waals surface area contributed by atoms with Gasteiger partial charge in [-0.05, 0) is 29.8 Å². The molecule has 3 rings (SSSR count). The van der Waals surface area contributed by atoms with E-state index in [1.807, 2.05) is 23.1 Å². The van der Waals surface area contributed by atoms with Gasteiger partial charge in [0.2, 0.25) is 0 Å². The standard InChI is InChI=1S/C19H20FN3O2/c1-25-21-14-15-6-8-16(9-7-15)19(24)23-12-10-22(11-13-23)18-5-3-2-4-17(18)20/h2-9,14H,10-13H2,1H3/b21-14+. The van der Waals surface area contributed by atoms with E-state index in [9.17, 15) is 9.18 Å². The van der Waals surface area contributed by atoms with Gasteiger partial charge in [-0.3, -0.25) is 4.79 Å². The maximum atomic E-state index is 13.9. The highest BCUT2D eigenvalue weighted by molar-refractivity contribution is 5.95. The number of carbonyl (C=O) groups is 1. The van der Waals surface area contributed by atoms with Crippen molar-refractivity contribution < 1.29 is 14.0 Å². The molecule has 2 aromatic rings. The normalized spacial score (nSPS) is 14.8. The van der Waals surface area contributed by atoms with Crippen molar-refractivity contribution in [2.24, 2.45) is 5.16 Å². The Labute approximate surface area is 146 Å². The smallest absolute Gasteiger partial charge is 0.253 e. The first-order valence-corrected chi connectivity index (χ1v) is 8.14. The lowest BCUT2D eigenvalue weighted by Gasteiger charge is -2.36. The van der Waals surface area contributed by atoms with Crippen LogP contribution in [0.4, 0.5) is 10.1 Å². The second-order valence-corrected chi connectivity index (χ2v) is 5.77.